The van der Waals surface area contributed by atoms with Gasteiger partial charge in [-0.2, -0.15) is 0 Å². The lowest BCUT2D eigenvalue weighted by molar-refractivity contribution is 0.216. The van der Waals surface area contributed by atoms with Crippen LogP contribution in [0.15, 0.2) is 22.3 Å². The fourth-order valence-electron chi connectivity index (χ4n) is 0.654. The second-order valence-corrected chi connectivity index (χ2v) is 3.40. The molecule has 0 aliphatic carbocycles. The molecule has 76 valence electrons. The minimum Gasteiger partial charge on any atom is -0.508 e. The molecule has 0 aliphatic heterocycles. The topological polar surface area (TPSA) is 29.5 Å². The molecule has 0 amide bonds. The SMILES string of the molecule is CC=CSC(OCCC)=C(O)CC. The van der Waals surface area contributed by atoms with Gasteiger partial charge in [0.25, 0.3) is 0 Å². The van der Waals surface area contributed by atoms with E-state index in [1.54, 1.807) is 0 Å². The van der Waals surface area contributed by atoms with Gasteiger partial charge in [0, 0.05) is 6.42 Å². The number of thioether (sulfide) groups is 1. The first-order chi connectivity index (χ1) is 6.26. The van der Waals surface area contributed by atoms with Gasteiger partial charge in [0.1, 0.15) is 5.76 Å². The molecule has 0 saturated heterocycles. The first-order valence-electron chi connectivity index (χ1n) is 4.58. The van der Waals surface area contributed by atoms with Crippen molar-refractivity contribution in [3.8, 4) is 0 Å². The lowest BCUT2D eigenvalue weighted by atomic mass is 10.4. The molecule has 0 unspecified atom stereocenters. The van der Waals surface area contributed by atoms with Gasteiger partial charge in [-0.15, -0.1) is 0 Å². The van der Waals surface area contributed by atoms with Crippen LogP contribution in [0.1, 0.15) is 33.6 Å². The van der Waals surface area contributed by atoms with Crippen molar-refractivity contribution in [3.63, 3.8) is 0 Å². The second kappa shape index (κ2) is 8.05. The van der Waals surface area contributed by atoms with Crippen LogP contribution in [0.4, 0.5) is 0 Å². The van der Waals surface area contributed by atoms with Gasteiger partial charge in [-0.05, 0) is 18.8 Å². The number of hydrogen-bond acceptors (Lipinski definition) is 3. The third-order valence-electron chi connectivity index (χ3n) is 1.32. The average molecular weight is 202 g/mol. The van der Waals surface area contributed by atoms with E-state index in [9.17, 15) is 5.11 Å². The molecule has 1 N–H and O–H groups in total. The Labute approximate surface area is 84.7 Å². The summed E-state index contributed by atoms with van der Waals surface area (Å²) in [6, 6.07) is 0. The molecule has 0 fully saturated rings. The third-order valence-corrected chi connectivity index (χ3v) is 2.29. The minimum atomic E-state index is 0.330. The Kier molecular flexibility index (Phi) is 7.69. The van der Waals surface area contributed by atoms with E-state index in [1.165, 1.54) is 11.8 Å². The Morgan fingerprint density at radius 3 is 2.62 bits per heavy atom. The number of allylic oxidation sites excluding steroid dienone is 2. The molecule has 13 heavy (non-hydrogen) atoms. The molecule has 0 radical (unpaired) electrons. The standard InChI is InChI=1S/C10H18O2S/c1-4-7-12-10(9(11)6-3)13-8-5-2/h5,8,11H,4,6-7H2,1-3H3. The van der Waals surface area contributed by atoms with Crippen LogP contribution >= 0.6 is 11.8 Å². The van der Waals surface area contributed by atoms with Crippen molar-refractivity contribution < 1.29 is 9.84 Å². The smallest absolute Gasteiger partial charge is 0.195 e. The van der Waals surface area contributed by atoms with Crippen LogP contribution < -0.4 is 0 Å². The number of hydrogen-bond donors (Lipinski definition) is 1. The largest absolute Gasteiger partial charge is 0.508 e. The molecule has 0 aromatic rings. The Morgan fingerprint density at radius 1 is 1.46 bits per heavy atom. The van der Waals surface area contributed by atoms with Gasteiger partial charge in [0.2, 0.25) is 0 Å². The highest BCUT2D eigenvalue weighted by Crippen LogP contribution is 2.22. The summed E-state index contributed by atoms with van der Waals surface area (Å²) in [6.45, 7) is 6.54. The summed E-state index contributed by atoms with van der Waals surface area (Å²) < 4.78 is 5.39. The molecule has 0 rings (SSSR count). The van der Waals surface area contributed by atoms with Gasteiger partial charge in [0.05, 0.1) is 6.61 Å². The van der Waals surface area contributed by atoms with Crippen LogP contribution in [-0.4, -0.2) is 11.7 Å². The molecule has 2 nitrogen and oxygen atoms in total. The molecular weight excluding hydrogens is 184 g/mol. The Hall–Kier alpha value is -0.570. The van der Waals surface area contributed by atoms with Crippen LogP contribution in [-0.2, 0) is 4.74 Å². The van der Waals surface area contributed by atoms with Gasteiger partial charge in [-0.1, -0.05) is 31.7 Å². The van der Waals surface area contributed by atoms with Crippen molar-refractivity contribution in [2.45, 2.75) is 33.6 Å². The quantitative estimate of drug-likeness (QED) is 0.664. The normalized spacial score (nSPS) is 13.2. The molecular formula is C10H18O2S. The highest BCUT2D eigenvalue weighted by Gasteiger charge is 2.03. The molecule has 0 aromatic carbocycles. The molecule has 0 spiro atoms. The number of aliphatic hydroxyl groups is 1. The van der Waals surface area contributed by atoms with Crippen LogP contribution in [0.5, 0.6) is 0 Å². The minimum absolute atomic E-state index is 0.330. The number of aliphatic hydroxyl groups excluding tert-OH is 1. The fourth-order valence-corrected chi connectivity index (χ4v) is 1.35. The lowest BCUT2D eigenvalue weighted by Crippen LogP contribution is -1.94. The van der Waals surface area contributed by atoms with Gasteiger partial charge < -0.3 is 9.84 Å². The maximum absolute atomic E-state index is 9.47. The summed E-state index contributed by atoms with van der Waals surface area (Å²) in [7, 11) is 0. The van der Waals surface area contributed by atoms with Crippen LogP contribution in [0, 0.1) is 0 Å². The first-order valence-corrected chi connectivity index (χ1v) is 5.46. The second-order valence-electron chi connectivity index (χ2n) is 2.52. The molecule has 0 aromatic heterocycles. The highest BCUT2D eigenvalue weighted by molar-refractivity contribution is 8.05. The van der Waals surface area contributed by atoms with Crippen molar-refractivity contribution in [1.82, 2.24) is 0 Å². The van der Waals surface area contributed by atoms with E-state index in [0.29, 0.717) is 23.9 Å². The zero-order valence-electron chi connectivity index (χ0n) is 8.54. The van der Waals surface area contributed by atoms with Gasteiger partial charge >= 0.3 is 0 Å². The van der Waals surface area contributed by atoms with E-state index in [-0.39, 0.29) is 0 Å². The van der Waals surface area contributed by atoms with Crippen molar-refractivity contribution >= 4 is 11.8 Å². The van der Waals surface area contributed by atoms with Crippen LogP contribution in [0.2, 0.25) is 0 Å². The maximum atomic E-state index is 9.47. The van der Waals surface area contributed by atoms with Crippen molar-refractivity contribution in [3.05, 3.63) is 22.3 Å². The van der Waals surface area contributed by atoms with E-state index < -0.39 is 0 Å². The summed E-state index contributed by atoms with van der Waals surface area (Å²) in [4.78, 5) is 0. The molecule has 0 aliphatic rings. The fraction of sp³-hybridized carbons (Fsp3) is 0.600. The zero-order valence-corrected chi connectivity index (χ0v) is 9.36. The lowest BCUT2D eigenvalue weighted by Gasteiger charge is -2.08. The zero-order chi connectivity index (χ0) is 10.1. The van der Waals surface area contributed by atoms with Gasteiger partial charge in [0.15, 0.2) is 5.09 Å². The molecule has 3 heteroatoms. The predicted octanol–water partition coefficient (Wildman–Crippen LogP) is 3.82. The Bertz CT molecular complexity index is 185. The molecule has 0 bridgehead atoms. The monoisotopic (exact) mass is 202 g/mol. The van der Waals surface area contributed by atoms with Crippen LogP contribution in [0.25, 0.3) is 0 Å². The van der Waals surface area contributed by atoms with Crippen LogP contribution in [0.3, 0.4) is 0 Å². The van der Waals surface area contributed by atoms with Crippen molar-refractivity contribution in [2.24, 2.45) is 0 Å². The summed E-state index contributed by atoms with van der Waals surface area (Å²) in [5.74, 6) is 0.330. The molecule has 0 saturated carbocycles. The van der Waals surface area contributed by atoms with E-state index >= 15 is 0 Å². The number of ether oxygens (including phenoxy) is 1. The van der Waals surface area contributed by atoms with Crippen molar-refractivity contribution in [1.29, 1.82) is 0 Å². The Morgan fingerprint density at radius 2 is 2.15 bits per heavy atom. The van der Waals surface area contributed by atoms with E-state index in [2.05, 4.69) is 0 Å². The summed E-state index contributed by atoms with van der Waals surface area (Å²) in [6.07, 6.45) is 3.49. The molecule has 0 atom stereocenters. The third kappa shape index (κ3) is 5.64. The summed E-state index contributed by atoms with van der Waals surface area (Å²) in [5.41, 5.74) is 0. The number of rotatable bonds is 6. The summed E-state index contributed by atoms with van der Waals surface area (Å²) in [5, 5.41) is 12.0. The highest BCUT2D eigenvalue weighted by atomic mass is 32.2. The van der Waals surface area contributed by atoms with E-state index in [4.69, 9.17) is 4.74 Å². The summed E-state index contributed by atoms with van der Waals surface area (Å²) >= 11 is 1.42. The van der Waals surface area contributed by atoms with E-state index in [1.807, 2.05) is 32.3 Å². The molecule has 0 heterocycles. The maximum Gasteiger partial charge on any atom is 0.195 e. The average Bonchev–Trinajstić information content (AvgIpc) is 2.17. The van der Waals surface area contributed by atoms with E-state index in [0.717, 1.165) is 6.42 Å². The predicted molar refractivity (Wildman–Crippen MR) is 58.6 cm³/mol. The van der Waals surface area contributed by atoms with Gasteiger partial charge in [-0.3, -0.25) is 0 Å². The van der Waals surface area contributed by atoms with Gasteiger partial charge in [-0.25, -0.2) is 0 Å². The Balaban J connectivity index is 4.18. The first kappa shape index (κ1) is 12.4. The van der Waals surface area contributed by atoms with Crippen molar-refractivity contribution in [2.75, 3.05) is 6.61 Å².